The van der Waals surface area contributed by atoms with Crippen molar-refractivity contribution in [3.63, 3.8) is 0 Å². The molecule has 0 fully saturated rings. The fraction of sp³-hybridized carbons (Fsp3) is 0. The topological polar surface area (TPSA) is 12.9 Å². The molecule has 0 saturated carbocycles. The molecule has 0 radical (unpaired) electrons. The van der Waals surface area contributed by atoms with E-state index in [0.29, 0.717) is 22.4 Å². The molecule has 0 atom stereocenters. The van der Waals surface area contributed by atoms with Crippen LogP contribution in [0.1, 0.15) is 0 Å². The molecule has 0 bridgehead atoms. The summed E-state index contributed by atoms with van der Waals surface area (Å²) in [6, 6.07) is 3.28. The zero-order valence-electron chi connectivity index (χ0n) is 13.0. The number of hydrogen-bond donors (Lipinski definition) is 0. The Morgan fingerprint density at radius 1 is 0.464 bits per heavy atom. The van der Waals surface area contributed by atoms with Gasteiger partial charge in [-0.1, -0.05) is 116 Å². The van der Waals surface area contributed by atoms with Crippen molar-refractivity contribution in [2.75, 3.05) is 0 Å². The van der Waals surface area contributed by atoms with Crippen LogP contribution in [0, 0.1) is 0 Å². The van der Waals surface area contributed by atoms with Gasteiger partial charge < -0.3 is 0 Å². The lowest BCUT2D eigenvalue weighted by Gasteiger charge is -2.15. The molecule has 28 heavy (non-hydrogen) atoms. The van der Waals surface area contributed by atoms with Crippen LogP contribution in [-0.4, -0.2) is 4.98 Å². The predicted octanol–water partition coefficient (Wildman–Crippen LogP) is 10.9. The van der Waals surface area contributed by atoms with Crippen molar-refractivity contribution in [3.05, 3.63) is 68.6 Å². The van der Waals surface area contributed by atoms with Crippen molar-refractivity contribution < 1.29 is 0 Å². The largest absolute Gasteiger partial charge is 0.256 e. The van der Waals surface area contributed by atoms with Crippen LogP contribution in [-0.2, 0) is 0 Å². The van der Waals surface area contributed by atoms with Crippen LogP contribution in [0.3, 0.4) is 0 Å². The second-order valence-electron chi connectivity index (χ2n) is 5.32. The van der Waals surface area contributed by atoms with E-state index >= 15 is 0 Å². The van der Waals surface area contributed by atoms with E-state index in [0.717, 1.165) is 0 Å². The maximum Gasteiger partial charge on any atom is 0.0809 e. The minimum absolute atomic E-state index is 0.0422. The molecule has 0 aliphatic carbocycles. The van der Waals surface area contributed by atoms with Gasteiger partial charge in [0.25, 0.3) is 0 Å². The van der Waals surface area contributed by atoms with Crippen molar-refractivity contribution in [2.24, 2.45) is 0 Å². The van der Waals surface area contributed by atoms with Crippen LogP contribution in [0.15, 0.2) is 18.3 Å². The first-order valence-electron chi connectivity index (χ1n) is 7.07. The molecule has 0 saturated heterocycles. The second-order valence-corrected chi connectivity index (χ2v) is 9.10. The SMILES string of the molecule is Clc1c(Cl)c(Cl)c(-c2ccnc(-c3c(Cl)c(Cl)c(Cl)c(Cl)c3Cl)c2)c(Cl)c1Cl. The van der Waals surface area contributed by atoms with Gasteiger partial charge in [0.15, 0.2) is 0 Å². The smallest absolute Gasteiger partial charge is 0.0809 e. The molecule has 3 rings (SSSR count). The Bertz CT molecular complexity index is 983. The molecule has 0 spiro atoms. The number of benzene rings is 2. The molecule has 0 aliphatic rings. The van der Waals surface area contributed by atoms with E-state index in [1.165, 1.54) is 6.20 Å². The first-order valence-corrected chi connectivity index (χ1v) is 10.9. The summed E-state index contributed by atoms with van der Waals surface area (Å²) < 4.78 is 0. The summed E-state index contributed by atoms with van der Waals surface area (Å²) >= 11 is 62.1. The Kier molecular flexibility index (Phi) is 7.38. The third kappa shape index (κ3) is 3.89. The second kappa shape index (κ2) is 8.93. The highest BCUT2D eigenvalue weighted by Crippen LogP contribution is 2.50. The van der Waals surface area contributed by atoms with Crippen LogP contribution in [0.4, 0.5) is 0 Å². The molecule has 3 aromatic rings. The number of nitrogens with zero attached hydrogens (tertiary/aromatic N) is 1. The number of hydrogen-bond acceptors (Lipinski definition) is 1. The molecule has 0 amide bonds. The van der Waals surface area contributed by atoms with Gasteiger partial charge in [-0.05, 0) is 17.7 Å². The molecule has 0 unspecified atom stereocenters. The van der Waals surface area contributed by atoms with E-state index in [4.69, 9.17) is 116 Å². The summed E-state index contributed by atoms with van der Waals surface area (Å²) in [5, 5.41) is 0.774. The van der Waals surface area contributed by atoms with Crippen LogP contribution < -0.4 is 0 Å². The maximum absolute atomic E-state index is 6.35. The van der Waals surface area contributed by atoms with Crippen LogP contribution >= 0.6 is 116 Å². The lowest BCUT2D eigenvalue weighted by molar-refractivity contribution is 1.33. The van der Waals surface area contributed by atoms with Gasteiger partial charge in [-0.25, -0.2) is 0 Å². The van der Waals surface area contributed by atoms with E-state index in [-0.39, 0.29) is 50.2 Å². The van der Waals surface area contributed by atoms with Crippen molar-refractivity contribution in [3.8, 4) is 22.4 Å². The van der Waals surface area contributed by atoms with Gasteiger partial charge in [0.05, 0.1) is 55.9 Å². The van der Waals surface area contributed by atoms with Crippen molar-refractivity contribution in [1.82, 2.24) is 4.98 Å². The van der Waals surface area contributed by atoms with Crippen LogP contribution in [0.5, 0.6) is 0 Å². The van der Waals surface area contributed by atoms with Crippen molar-refractivity contribution >= 4 is 116 Å². The summed E-state index contributed by atoms with van der Waals surface area (Å²) in [4.78, 5) is 4.28. The zero-order valence-corrected chi connectivity index (χ0v) is 20.5. The van der Waals surface area contributed by atoms with Crippen molar-refractivity contribution in [2.45, 2.75) is 0 Å². The summed E-state index contributed by atoms with van der Waals surface area (Å²) in [6.07, 6.45) is 1.50. The molecule has 0 aliphatic heterocycles. The fourth-order valence-corrected chi connectivity index (χ4v) is 5.10. The van der Waals surface area contributed by atoms with Gasteiger partial charge in [-0.2, -0.15) is 0 Å². The van der Waals surface area contributed by atoms with E-state index in [2.05, 4.69) is 4.98 Å². The predicted molar refractivity (Wildman–Crippen MR) is 125 cm³/mol. The molecule has 1 nitrogen and oxygen atoms in total. The van der Waals surface area contributed by atoms with E-state index in [1.54, 1.807) is 12.1 Å². The monoisotopic (exact) mass is 571 g/mol. The third-order valence-corrected chi connectivity index (χ3v) is 8.28. The Hall–Kier alpha value is 0.490. The van der Waals surface area contributed by atoms with Gasteiger partial charge >= 0.3 is 0 Å². The minimum atomic E-state index is 0.0422. The molecule has 146 valence electrons. The third-order valence-electron chi connectivity index (χ3n) is 3.72. The Balaban J connectivity index is 2.31. The van der Waals surface area contributed by atoms with Crippen LogP contribution in [0.2, 0.25) is 50.2 Å². The highest BCUT2D eigenvalue weighted by atomic mass is 35.5. The highest BCUT2D eigenvalue weighted by molar-refractivity contribution is 6.57. The Morgan fingerprint density at radius 2 is 0.821 bits per heavy atom. The average Bonchev–Trinajstić information content (AvgIpc) is 2.68. The van der Waals surface area contributed by atoms with E-state index < -0.39 is 0 Å². The summed E-state index contributed by atoms with van der Waals surface area (Å²) in [6.45, 7) is 0. The lowest BCUT2D eigenvalue weighted by atomic mass is 10.0. The molecule has 1 aromatic heterocycles. The van der Waals surface area contributed by atoms with Gasteiger partial charge in [0.1, 0.15) is 0 Å². The van der Waals surface area contributed by atoms with Gasteiger partial charge in [0.2, 0.25) is 0 Å². The zero-order chi connectivity index (χ0) is 20.9. The number of halogens is 10. The summed E-state index contributed by atoms with van der Waals surface area (Å²) in [7, 11) is 0. The quantitative estimate of drug-likeness (QED) is 0.219. The maximum atomic E-state index is 6.35. The molecule has 11 heteroatoms. The van der Waals surface area contributed by atoms with Gasteiger partial charge in [-0.15, -0.1) is 0 Å². The van der Waals surface area contributed by atoms with E-state index in [1.807, 2.05) is 0 Å². The number of aromatic nitrogens is 1. The van der Waals surface area contributed by atoms with Crippen LogP contribution in [0.25, 0.3) is 22.4 Å². The normalized spacial score (nSPS) is 11.2. The Labute approximate surface area is 210 Å². The minimum Gasteiger partial charge on any atom is -0.256 e. The lowest BCUT2D eigenvalue weighted by Crippen LogP contribution is -1.92. The highest BCUT2D eigenvalue weighted by Gasteiger charge is 2.24. The first-order chi connectivity index (χ1) is 13.1. The Morgan fingerprint density at radius 3 is 1.25 bits per heavy atom. The number of rotatable bonds is 2. The molecular weight excluding hydrogens is 573 g/mol. The average molecular weight is 576 g/mol. The standard InChI is InChI=1S/C17H3Cl10N/c18-8-6(9(19)13(23)16(26)12(8)22)4-1-2-28-5(3-4)7-10(20)14(24)17(27)15(25)11(7)21/h1-3H. The van der Waals surface area contributed by atoms with Crippen molar-refractivity contribution in [1.29, 1.82) is 0 Å². The van der Waals surface area contributed by atoms with Gasteiger partial charge in [0, 0.05) is 17.3 Å². The molecule has 0 N–H and O–H groups in total. The molecule has 1 heterocycles. The summed E-state index contributed by atoms with van der Waals surface area (Å²) in [5.41, 5.74) is 1.55. The first kappa shape index (κ1) is 23.2. The number of pyridine rings is 1. The van der Waals surface area contributed by atoms with Gasteiger partial charge in [-0.3, -0.25) is 4.98 Å². The molecule has 2 aromatic carbocycles. The fourth-order valence-electron chi connectivity index (χ4n) is 2.41. The summed E-state index contributed by atoms with van der Waals surface area (Å²) in [5.74, 6) is 0. The van der Waals surface area contributed by atoms with E-state index in [9.17, 15) is 0 Å². The molecular formula is C17H3Cl10N.